The number of halogens is 3. The van der Waals surface area contributed by atoms with Crippen LogP contribution in [0.2, 0.25) is 0 Å². The molecule has 7 heteroatoms. The number of carbonyl (C=O) groups is 1. The van der Waals surface area contributed by atoms with Crippen LogP contribution in [0.15, 0.2) is 42.6 Å². The Balaban J connectivity index is 1.96. The first-order valence-electron chi connectivity index (χ1n) is 7.73. The first kappa shape index (κ1) is 17.1. The number of nitrogens with one attached hydrogen (secondary N) is 1. The third-order valence-corrected chi connectivity index (χ3v) is 4.06. The van der Waals surface area contributed by atoms with Gasteiger partial charge in [-0.2, -0.15) is 13.2 Å². The van der Waals surface area contributed by atoms with E-state index in [1.807, 2.05) is 46.3 Å². The molecule has 4 nitrogen and oxygen atoms in total. The smallest absolute Gasteiger partial charge is 0.471 e. The van der Waals surface area contributed by atoms with Crippen molar-refractivity contribution in [1.29, 1.82) is 0 Å². The fourth-order valence-electron chi connectivity index (χ4n) is 2.93. The lowest BCUT2D eigenvalue weighted by atomic mass is 10.1. The summed E-state index contributed by atoms with van der Waals surface area (Å²) < 4.78 is 44.3. The molecular formula is C18H17F3N2O2. The summed E-state index contributed by atoms with van der Waals surface area (Å²) in [6, 6.07) is 10.8. The van der Waals surface area contributed by atoms with Gasteiger partial charge >= 0.3 is 12.1 Å². The SMILES string of the molecule is COc1ccc2ccc3ccn(C[C@@H](C)NC(=O)C(F)(F)F)c3c2c1. The van der Waals surface area contributed by atoms with E-state index in [1.54, 1.807) is 20.2 Å². The molecule has 2 aromatic carbocycles. The second kappa shape index (κ2) is 6.31. The quantitative estimate of drug-likeness (QED) is 0.776. The Hall–Kier alpha value is -2.70. The van der Waals surface area contributed by atoms with Crippen molar-refractivity contribution in [3.05, 3.63) is 42.6 Å². The Morgan fingerprint density at radius 3 is 2.56 bits per heavy atom. The van der Waals surface area contributed by atoms with Crippen molar-refractivity contribution in [2.75, 3.05) is 7.11 Å². The zero-order chi connectivity index (χ0) is 18.2. The highest BCUT2D eigenvalue weighted by molar-refractivity contribution is 6.06. The van der Waals surface area contributed by atoms with Gasteiger partial charge in [-0.25, -0.2) is 0 Å². The largest absolute Gasteiger partial charge is 0.497 e. The number of hydrogen-bond acceptors (Lipinski definition) is 2. The predicted octanol–water partition coefficient (Wildman–Crippen LogP) is 3.87. The molecule has 0 fully saturated rings. The van der Waals surface area contributed by atoms with E-state index in [-0.39, 0.29) is 6.54 Å². The molecule has 0 aliphatic carbocycles. The highest BCUT2D eigenvalue weighted by Crippen LogP contribution is 2.29. The Morgan fingerprint density at radius 2 is 1.88 bits per heavy atom. The van der Waals surface area contributed by atoms with Crippen LogP contribution in [0, 0.1) is 0 Å². The maximum Gasteiger partial charge on any atom is 0.471 e. The van der Waals surface area contributed by atoms with Crippen LogP contribution < -0.4 is 10.1 Å². The van der Waals surface area contributed by atoms with Crippen LogP contribution in [0.5, 0.6) is 5.75 Å². The molecule has 0 bridgehead atoms. The zero-order valence-corrected chi connectivity index (χ0v) is 13.7. The third-order valence-electron chi connectivity index (χ3n) is 4.06. The number of hydrogen-bond donors (Lipinski definition) is 1. The topological polar surface area (TPSA) is 43.3 Å². The second-order valence-electron chi connectivity index (χ2n) is 5.93. The van der Waals surface area contributed by atoms with Gasteiger partial charge < -0.3 is 14.6 Å². The number of benzene rings is 2. The number of alkyl halides is 3. The van der Waals surface area contributed by atoms with Crippen LogP contribution >= 0.6 is 0 Å². The van der Waals surface area contributed by atoms with Crippen LogP contribution in [-0.2, 0) is 11.3 Å². The molecule has 25 heavy (non-hydrogen) atoms. The van der Waals surface area contributed by atoms with E-state index in [0.717, 1.165) is 21.7 Å². The maximum absolute atomic E-state index is 12.4. The number of nitrogens with zero attached hydrogens (tertiary/aromatic N) is 1. The molecular weight excluding hydrogens is 333 g/mol. The van der Waals surface area contributed by atoms with Gasteiger partial charge in [0, 0.05) is 29.6 Å². The average Bonchev–Trinajstić information content (AvgIpc) is 2.96. The Morgan fingerprint density at radius 1 is 1.20 bits per heavy atom. The van der Waals surface area contributed by atoms with E-state index in [9.17, 15) is 18.0 Å². The van der Waals surface area contributed by atoms with Crippen LogP contribution in [0.1, 0.15) is 6.92 Å². The molecule has 1 aromatic heterocycles. The van der Waals surface area contributed by atoms with Crippen LogP contribution in [0.25, 0.3) is 21.7 Å². The van der Waals surface area contributed by atoms with Crippen molar-refractivity contribution in [3.8, 4) is 5.75 Å². The summed E-state index contributed by atoms with van der Waals surface area (Å²) in [4.78, 5) is 11.1. The number of fused-ring (bicyclic) bond motifs is 3. The van der Waals surface area contributed by atoms with E-state index < -0.39 is 18.1 Å². The van der Waals surface area contributed by atoms with E-state index >= 15 is 0 Å². The Bertz CT molecular complexity index is 931. The van der Waals surface area contributed by atoms with E-state index in [4.69, 9.17) is 4.74 Å². The number of rotatable bonds is 4. The normalized spacial score (nSPS) is 13.2. The summed E-state index contributed by atoms with van der Waals surface area (Å²) >= 11 is 0. The molecule has 0 saturated carbocycles. The standard InChI is InChI=1S/C18H17F3N2O2/c1-11(22-17(24)18(19,20)21)10-23-8-7-13-4-3-12-5-6-14(25-2)9-15(12)16(13)23/h3-9,11H,10H2,1-2H3,(H,22,24)/t11-/m1/s1. The molecule has 0 saturated heterocycles. The van der Waals surface area contributed by atoms with Gasteiger partial charge in [0.05, 0.1) is 12.6 Å². The fraction of sp³-hybridized carbons (Fsp3) is 0.278. The first-order valence-corrected chi connectivity index (χ1v) is 7.73. The second-order valence-corrected chi connectivity index (χ2v) is 5.93. The molecule has 1 amide bonds. The van der Waals surface area contributed by atoms with Gasteiger partial charge in [0.2, 0.25) is 0 Å². The first-order chi connectivity index (χ1) is 11.8. The lowest BCUT2D eigenvalue weighted by Crippen LogP contribution is -2.43. The highest BCUT2D eigenvalue weighted by Gasteiger charge is 2.39. The lowest BCUT2D eigenvalue weighted by molar-refractivity contribution is -0.174. The van der Waals surface area contributed by atoms with Gasteiger partial charge in [-0.3, -0.25) is 4.79 Å². The minimum atomic E-state index is -4.88. The summed E-state index contributed by atoms with van der Waals surface area (Å²) in [5.74, 6) is -1.23. The van der Waals surface area contributed by atoms with Crippen molar-refractivity contribution in [2.24, 2.45) is 0 Å². The van der Waals surface area contributed by atoms with Gasteiger partial charge in [-0.1, -0.05) is 18.2 Å². The summed E-state index contributed by atoms with van der Waals surface area (Å²) in [5.41, 5.74) is 0.893. The van der Waals surface area contributed by atoms with Gasteiger partial charge in [-0.15, -0.1) is 0 Å². The summed E-state index contributed by atoms with van der Waals surface area (Å²) in [6.07, 6.45) is -3.08. The average molecular weight is 350 g/mol. The van der Waals surface area contributed by atoms with Crippen molar-refractivity contribution in [1.82, 2.24) is 9.88 Å². The van der Waals surface area contributed by atoms with Crippen LogP contribution in [0.3, 0.4) is 0 Å². The summed E-state index contributed by atoms with van der Waals surface area (Å²) in [5, 5.41) is 4.89. The number of aromatic nitrogens is 1. The molecule has 3 rings (SSSR count). The van der Waals surface area contributed by atoms with Crippen LogP contribution in [0.4, 0.5) is 13.2 Å². The number of methoxy groups -OCH3 is 1. The molecule has 1 atom stereocenters. The summed E-state index contributed by atoms with van der Waals surface area (Å²) in [7, 11) is 1.58. The Labute approximate surface area is 142 Å². The molecule has 0 aliphatic rings. The predicted molar refractivity (Wildman–Crippen MR) is 89.7 cm³/mol. The molecule has 3 aromatic rings. The third kappa shape index (κ3) is 3.40. The zero-order valence-electron chi connectivity index (χ0n) is 13.7. The number of amides is 1. The fourth-order valence-corrected chi connectivity index (χ4v) is 2.93. The van der Waals surface area contributed by atoms with Gasteiger partial charge in [-0.05, 0) is 30.5 Å². The lowest BCUT2D eigenvalue weighted by Gasteiger charge is -2.17. The Kier molecular flexibility index (Phi) is 4.32. The highest BCUT2D eigenvalue weighted by atomic mass is 19.4. The molecule has 0 aliphatic heterocycles. The number of carbonyl (C=O) groups excluding carboxylic acids is 1. The minimum Gasteiger partial charge on any atom is -0.497 e. The van der Waals surface area contributed by atoms with Crippen molar-refractivity contribution in [3.63, 3.8) is 0 Å². The van der Waals surface area contributed by atoms with E-state index in [1.165, 1.54) is 0 Å². The molecule has 0 radical (unpaired) electrons. The van der Waals surface area contributed by atoms with Crippen molar-refractivity contribution >= 4 is 27.6 Å². The molecule has 1 heterocycles. The molecule has 0 spiro atoms. The number of ether oxygens (including phenoxy) is 1. The molecule has 0 unspecified atom stereocenters. The van der Waals surface area contributed by atoms with E-state index in [0.29, 0.717) is 5.75 Å². The van der Waals surface area contributed by atoms with E-state index in [2.05, 4.69) is 0 Å². The van der Waals surface area contributed by atoms with Crippen molar-refractivity contribution < 1.29 is 22.7 Å². The summed E-state index contributed by atoms with van der Waals surface area (Å²) in [6.45, 7) is 1.77. The van der Waals surface area contributed by atoms with Crippen molar-refractivity contribution in [2.45, 2.75) is 25.7 Å². The molecule has 1 N–H and O–H groups in total. The monoisotopic (exact) mass is 350 g/mol. The van der Waals surface area contributed by atoms with Gasteiger partial charge in [0.25, 0.3) is 0 Å². The van der Waals surface area contributed by atoms with Gasteiger partial charge in [0.15, 0.2) is 0 Å². The van der Waals surface area contributed by atoms with Crippen LogP contribution in [-0.4, -0.2) is 29.8 Å². The minimum absolute atomic E-state index is 0.224. The molecule has 132 valence electrons. The maximum atomic E-state index is 12.4. The van der Waals surface area contributed by atoms with Gasteiger partial charge in [0.1, 0.15) is 5.75 Å².